The van der Waals surface area contributed by atoms with Gasteiger partial charge in [0.1, 0.15) is 0 Å². The lowest BCUT2D eigenvalue weighted by atomic mass is 10.0. The quantitative estimate of drug-likeness (QED) is 0.746. The molecule has 0 unspecified atom stereocenters. The molecule has 0 fully saturated rings. The number of carbonyl (C=O) groups is 1. The average Bonchev–Trinajstić information content (AvgIpc) is 2.30. The molecule has 2 aromatic carbocycles. The molecule has 0 saturated carbocycles. The Morgan fingerprint density at radius 3 is 2.25 bits per heavy atom. The summed E-state index contributed by atoms with van der Waals surface area (Å²) in [6.45, 7) is 0. The maximum atomic E-state index is 11.3. The lowest BCUT2D eigenvalue weighted by Crippen LogP contribution is -1.92. The van der Waals surface area contributed by atoms with E-state index in [-0.39, 0.29) is 0 Å². The van der Waals surface area contributed by atoms with Gasteiger partial charge in [0.15, 0.2) is 0 Å². The van der Waals surface area contributed by atoms with Crippen LogP contribution in [-0.4, -0.2) is 5.24 Å². The van der Waals surface area contributed by atoms with Gasteiger partial charge in [-0.3, -0.25) is 4.79 Å². The van der Waals surface area contributed by atoms with Crippen molar-refractivity contribution in [3.05, 3.63) is 58.6 Å². The zero-order chi connectivity index (χ0) is 11.5. The van der Waals surface area contributed by atoms with Crippen molar-refractivity contribution in [2.24, 2.45) is 0 Å². The van der Waals surface area contributed by atoms with Crippen molar-refractivity contribution in [3.8, 4) is 11.1 Å². The van der Waals surface area contributed by atoms with Crippen LogP contribution < -0.4 is 0 Å². The summed E-state index contributed by atoms with van der Waals surface area (Å²) in [6.07, 6.45) is 0. The number of rotatable bonds is 2. The van der Waals surface area contributed by atoms with Crippen LogP contribution in [0.2, 0.25) is 0 Å². The number of halogens is 2. The second-order valence-corrected chi connectivity index (χ2v) is 4.59. The van der Waals surface area contributed by atoms with E-state index in [1.165, 1.54) is 0 Å². The van der Waals surface area contributed by atoms with E-state index in [9.17, 15) is 4.79 Å². The van der Waals surface area contributed by atoms with E-state index in [1.807, 2.05) is 36.4 Å². The van der Waals surface area contributed by atoms with Crippen molar-refractivity contribution in [1.29, 1.82) is 0 Å². The molecule has 3 heteroatoms. The Hall–Kier alpha value is -1.12. The molecule has 0 spiro atoms. The van der Waals surface area contributed by atoms with Gasteiger partial charge < -0.3 is 0 Å². The Labute approximate surface area is 107 Å². The molecule has 0 heterocycles. The predicted molar refractivity (Wildman–Crippen MR) is 69.8 cm³/mol. The third-order valence-corrected chi connectivity index (χ3v) is 3.03. The molecule has 2 rings (SSSR count). The minimum Gasteiger partial charge on any atom is -0.276 e. The monoisotopic (exact) mass is 294 g/mol. The SMILES string of the molecule is O=C(Cl)c1ccccc1-c1ccc(Br)cc1. The minimum atomic E-state index is -0.432. The second kappa shape index (κ2) is 4.81. The van der Waals surface area contributed by atoms with Crippen LogP contribution >= 0.6 is 27.5 Å². The standard InChI is InChI=1S/C13H8BrClO/c14-10-7-5-9(6-8-10)11-3-1-2-4-12(11)13(15)16/h1-8H. The summed E-state index contributed by atoms with van der Waals surface area (Å²) >= 11 is 8.91. The maximum Gasteiger partial charge on any atom is 0.253 e. The zero-order valence-corrected chi connectivity index (χ0v) is 10.6. The van der Waals surface area contributed by atoms with Crippen molar-refractivity contribution in [1.82, 2.24) is 0 Å². The molecular weight excluding hydrogens is 287 g/mol. The van der Waals surface area contributed by atoms with Gasteiger partial charge in [0, 0.05) is 10.0 Å². The summed E-state index contributed by atoms with van der Waals surface area (Å²) in [5.41, 5.74) is 2.37. The summed E-state index contributed by atoms with van der Waals surface area (Å²) in [5.74, 6) is 0. The Morgan fingerprint density at radius 2 is 1.62 bits per heavy atom. The second-order valence-electron chi connectivity index (χ2n) is 3.33. The number of hydrogen-bond donors (Lipinski definition) is 0. The molecular formula is C13H8BrClO. The first kappa shape index (κ1) is 11.4. The Balaban J connectivity index is 2.55. The first-order chi connectivity index (χ1) is 7.68. The fourth-order valence-corrected chi connectivity index (χ4v) is 1.96. The molecule has 0 bridgehead atoms. The summed E-state index contributed by atoms with van der Waals surface area (Å²) < 4.78 is 1.01. The number of benzene rings is 2. The number of carbonyl (C=O) groups excluding carboxylic acids is 1. The lowest BCUT2D eigenvalue weighted by molar-refractivity contribution is 0.108. The third-order valence-electron chi connectivity index (χ3n) is 2.29. The van der Waals surface area contributed by atoms with Crippen molar-refractivity contribution in [3.63, 3.8) is 0 Å². The summed E-state index contributed by atoms with van der Waals surface area (Å²) in [6, 6.07) is 15.1. The van der Waals surface area contributed by atoms with E-state index in [4.69, 9.17) is 11.6 Å². The molecule has 0 saturated heterocycles. The maximum absolute atomic E-state index is 11.3. The van der Waals surface area contributed by atoms with E-state index in [0.717, 1.165) is 15.6 Å². The van der Waals surface area contributed by atoms with Gasteiger partial charge in [0.05, 0.1) is 0 Å². The molecule has 0 atom stereocenters. The van der Waals surface area contributed by atoms with Gasteiger partial charge in [-0.25, -0.2) is 0 Å². The van der Waals surface area contributed by atoms with Crippen molar-refractivity contribution in [2.75, 3.05) is 0 Å². The first-order valence-corrected chi connectivity index (χ1v) is 5.90. The highest BCUT2D eigenvalue weighted by atomic mass is 79.9. The van der Waals surface area contributed by atoms with Crippen LogP contribution in [-0.2, 0) is 0 Å². The van der Waals surface area contributed by atoms with E-state index >= 15 is 0 Å². The predicted octanol–water partition coefficient (Wildman–Crippen LogP) is 4.50. The third kappa shape index (κ3) is 2.34. The Morgan fingerprint density at radius 1 is 1.00 bits per heavy atom. The molecule has 0 aliphatic rings. The molecule has 0 aliphatic heterocycles. The van der Waals surface area contributed by atoms with Crippen molar-refractivity contribution < 1.29 is 4.79 Å². The highest BCUT2D eigenvalue weighted by molar-refractivity contribution is 9.10. The fraction of sp³-hybridized carbons (Fsp3) is 0. The van der Waals surface area contributed by atoms with Gasteiger partial charge in [-0.2, -0.15) is 0 Å². The van der Waals surface area contributed by atoms with Crippen LogP contribution in [0.5, 0.6) is 0 Å². The minimum absolute atomic E-state index is 0.432. The summed E-state index contributed by atoms with van der Waals surface area (Å²) in [7, 11) is 0. The summed E-state index contributed by atoms with van der Waals surface area (Å²) in [4.78, 5) is 11.3. The van der Waals surface area contributed by atoms with Crippen LogP contribution in [0.25, 0.3) is 11.1 Å². The Kier molecular flexibility index (Phi) is 3.42. The molecule has 16 heavy (non-hydrogen) atoms. The van der Waals surface area contributed by atoms with Crippen LogP contribution in [0.1, 0.15) is 10.4 Å². The molecule has 80 valence electrons. The van der Waals surface area contributed by atoms with Gasteiger partial charge in [0.25, 0.3) is 5.24 Å². The lowest BCUT2D eigenvalue weighted by Gasteiger charge is -2.05. The largest absolute Gasteiger partial charge is 0.276 e. The molecule has 0 N–H and O–H groups in total. The van der Waals surface area contributed by atoms with Crippen LogP contribution in [0.3, 0.4) is 0 Å². The highest BCUT2D eigenvalue weighted by Crippen LogP contribution is 2.26. The fourth-order valence-electron chi connectivity index (χ4n) is 1.54. The van der Waals surface area contributed by atoms with Gasteiger partial charge >= 0.3 is 0 Å². The van der Waals surface area contributed by atoms with E-state index < -0.39 is 5.24 Å². The molecule has 0 amide bonds. The van der Waals surface area contributed by atoms with Crippen molar-refractivity contribution in [2.45, 2.75) is 0 Å². The van der Waals surface area contributed by atoms with Crippen LogP contribution in [0.15, 0.2) is 53.0 Å². The molecule has 0 aliphatic carbocycles. The summed E-state index contributed by atoms with van der Waals surface area (Å²) in [5, 5.41) is -0.432. The van der Waals surface area contributed by atoms with E-state index in [0.29, 0.717) is 5.56 Å². The smallest absolute Gasteiger partial charge is 0.253 e. The van der Waals surface area contributed by atoms with Gasteiger partial charge in [-0.15, -0.1) is 0 Å². The van der Waals surface area contributed by atoms with Gasteiger partial charge in [-0.1, -0.05) is 46.3 Å². The zero-order valence-electron chi connectivity index (χ0n) is 8.28. The average molecular weight is 296 g/mol. The van der Waals surface area contributed by atoms with E-state index in [1.54, 1.807) is 12.1 Å². The molecule has 2 aromatic rings. The van der Waals surface area contributed by atoms with Crippen LogP contribution in [0, 0.1) is 0 Å². The molecule has 0 aromatic heterocycles. The molecule has 1 nitrogen and oxygen atoms in total. The van der Waals surface area contributed by atoms with Gasteiger partial charge in [-0.05, 0) is 40.9 Å². The van der Waals surface area contributed by atoms with E-state index in [2.05, 4.69) is 15.9 Å². The van der Waals surface area contributed by atoms with Crippen LogP contribution in [0.4, 0.5) is 0 Å². The van der Waals surface area contributed by atoms with Crippen molar-refractivity contribution >= 4 is 32.8 Å². The highest BCUT2D eigenvalue weighted by Gasteiger charge is 2.09. The topological polar surface area (TPSA) is 17.1 Å². The molecule has 0 radical (unpaired) electrons. The number of hydrogen-bond acceptors (Lipinski definition) is 1. The van der Waals surface area contributed by atoms with Gasteiger partial charge in [0.2, 0.25) is 0 Å². The Bertz CT molecular complexity index is 520. The first-order valence-electron chi connectivity index (χ1n) is 4.73. The normalized spacial score (nSPS) is 10.1.